The first-order valence-electron chi connectivity index (χ1n) is 12.0. The number of hydrogen-bond donors (Lipinski definition) is 1. The van der Waals surface area contributed by atoms with Crippen LogP contribution < -0.4 is 0 Å². The van der Waals surface area contributed by atoms with Gasteiger partial charge in [0.05, 0.1) is 6.61 Å². The standard InChI is InChI=1S/C24H50O2/c1-4-7-19-24(20-8-5-2,21-9-6-3)22-17-15-13-11-10-12-14-16-18-23-26-25/h25H,4-23H2,1-3H3. The quantitative estimate of drug-likeness (QED) is 0.124. The molecule has 0 atom stereocenters. The Bertz CT molecular complexity index is 243. The van der Waals surface area contributed by atoms with Crippen LogP contribution in [0.1, 0.15) is 143 Å². The number of hydrogen-bond acceptors (Lipinski definition) is 2. The van der Waals surface area contributed by atoms with E-state index in [0.29, 0.717) is 12.0 Å². The minimum atomic E-state index is 0.496. The number of unbranched alkanes of at least 4 members (excludes halogenated alkanes) is 11. The lowest BCUT2D eigenvalue weighted by Crippen LogP contribution is -2.21. The first-order valence-corrected chi connectivity index (χ1v) is 12.0. The minimum absolute atomic E-state index is 0.496. The molecule has 0 saturated carbocycles. The lowest BCUT2D eigenvalue weighted by atomic mass is 9.71. The van der Waals surface area contributed by atoms with E-state index < -0.39 is 0 Å². The van der Waals surface area contributed by atoms with Crippen LogP contribution >= 0.6 is 0 Å². The Morgan fingerprint density at radius 1 is 0.500 bits per heavy atom. The van der Waals surface area contributed by atoms with Gasteiger partial charge >= 0.3 is 0 Å². The predicted molar refractivity (Wildman–Crippen MR) is 116 cm³/mol. The molecule has 2 nitrogen and oxygen atoms in total. The fourth-order valence-corrected chi connectivity index (χ4v) is 4.31. The molecule has 0 rings (SSSR count). The molecule has 0 spiro atoms. The van der Waals surface area contributed by atoms with E-state index in [9.17, 15) is 0 Å². The second-order valence-electron chi connectivity index (χ2n) is 8.58. The van der Waals surface area contributed by atoms with Crippen molar-refractivity contribution in [1.29, 1.82) is 0 Å². The van der Waals surface area contributed by atoms with Crippen molar-refractivity contribution < 1.29 is 10.1 Å². The van der Waals surface area contributed by atoms with Crippen molar-refractivity contribution in [3.8, 4) is 0 Å². The van der Waals surface area contributed by atoms with Crippen LogP contribution in [-0.4, -0.2) is 11.9 Å². The molecular formula is C24H50O2. The maximum Gasteiger partial charge on any atom is 0.0819 e. The van der Waals surface area contributed by atoms with Crippen LogP contribution in [0, 0.1) is 5.41 Å². The monoisotopic (exact) mass is 370 g/mol. The van der Waals surface area contributed by atoms with Gasteiger partial charge in [0.15, 0.2) is 0 Å². The highest BCUT2D eigenvalue weighted by atomic mass is 17.1. The van der Waals surface area contributed by atoms with Crippen molar-refractivity contribution in [2.24, 2.45) is 5.41 Å². The third kappa shape index (κ3) is 15.0. The van der Waals surface area contributed by atoms with Gasteiger partial charge in [-0.25, -0.2) is 4.89 Å². The second kappa shape index (κ2) is 19.7. The van der Waals surface area contributed by atoms with Crippen LogP contribution in [0.2, 0.25) is 0 Å². The minimum Gasteiger partial charge on any atom is -0.252 e. The number of rotatable bonds is 21. The molecule has 0 fully saturated rings. The molecule has 0 aromatic rings. The maximum atomic E-state index is 8.29. The van der Waals surface area contributed by atoms with Gasteiger partial charge in [-0.05, 0) is 37.5 Å². The first kappa shape index (κ1) is 25.9. The molecule has 0 amide bonds. The van der Waals surface area contributed by atoms with Gasteiger partial charge in [0.1, 0.15) is 0 Å². The van der Waals surface area contributed by atoms with E-state index >= 15 is 0 Å². The SMILES string of the molecule is CCCCC(CCCC)(CCCC)CCCCCCCCCCCOO. The molecule has 26 heavy (non-hydrogen) atoms. The molecule has 0 heterocycles. The van der Waals surface area contributed by atoms with E-state index in [1.54, 1.807) is 0 Å². The van der Waals surface area contributed by atoms with Crippen molar-refractivity contribution in [1.82, 2.24) is 0 Å². The Hall–Kier alpha value is -0.0800. The molecule has 0 saturated heterocycles. The van der Waals surface area contributed by atoms with Crippen LogP contribution in [0.25, 0.3) is 0 Å². The molecular weight excluding hydrogens is 320 g/mol. The second-order valence-corrected chi connectivity index (χ2v) is 8.58. The van der Waals surface area contributed by atoms with E-state index in [4.69, 9.17) is 5.26 Å². The average Bonchev–Trinajstić information content (AvgIpc) is 2.66. The Kier molecular flexibility index (Phi) is 19.6. The molecule has 1 N–H and O–H groups in total. The van der Waals surface area contributed by atoms with E-state index in [1.165, 1.54) is 116 Å². The van der Waals surface area contributed by atoms with Gasteiger partial charge in [-0.15, -0.1) is 0 Å². The lowest BCUT2D eigenvalue weighted by Gasteiger charge is -2.35. The van der Waals surface area contributed by atoms with Crippen LogP contribution in [0.3, 0.4) is 0 Å². The normalized spacial score (nSPS) is 12.0. The Balaban J connectivity index is 3.95. The maximum absolute atomic E-state index is 8.29. The predicted octanol–water partition coefficient (Wildman–Crippen LogP) is 8.93. The fraction of sp³-hybridized carbons (Fsp3) is 1.00. The van der Waals surface area contributed by atoms with Gasteiger partial charge in [0.2, 0.25) is 0 Å². The molecule has 0 unspecified atom stereocenters. The molecule has 2 heteroatoms. The largest absolute Gasteiger partial charge is 0.252 e. The summed E-state index contributed by atoms with van der Waals surface area (Å²) in [6, 6.07) is 0. The van der Waals surface area contributed by atoms with Crippen LogP contribution in [0.5, 0.6) is 0 Å². The summed E-state index contributed by atoms with van der Waals surface area (Å²) in [6.45, 7) is 7.54. The van der Waals surface area contributed by atoms with Crippen molar-refractivity contribution in [2.75, 3.05) is 6.61 Å². The van der Waals surface area contributed by atoms with Gasteiger partial charge in [-0.3, -0.25) is 5.26 Å². The molecule has 0 aliphatic rings. The summed E-state index contributed by atoms with van der Waals surface area (Å²) in [4.78, 5) is 4.11. The lowest BCUT2D eigenvalue weighted by molar-refractivity contribution is -0.242. The summed E-state index contributed by atoms with van der Waals surface area (Å²) in [5.74, 6) is 0. The average molecular weight is 371 g/mol. The summed E-state index contributed by atoms with van der Waals surface area (Å²) < 4.78 is 0. The van der Waals surface area contributed by atoms with Gasteiger partial charge in [-0.2, -0.15) is 0 Å². The molecule has 0 bridgehead atoms. The van der Waals surface area contributed by atoms with Crippen molar-refractivity contribution in [2.45, 2.75) is 143 Å². The van der Waals surface area contributed by atoms with Gasteiger partial charge in [0.25, 0.3) is 0 Å². The third-order valence-corrected chi connectivity index (χ3v) is 6.12. The Morgan fingerprint density at radius 3 is 1.23 bits per heavy atom. The zero-order valence-electron chi connectivity index (χ0n) is 18.5. The molecule has 0 aromatic heterocycles. The summed E-state index contributed by atoms with van der Waals surface area (Å²) in [7, 11) is 0. The van der Waals surface area contributed by atoms with E-state index in [2.05, 4.69) is 25.7 Å². The third-order valence-electron chi connectivity index (χ3n) is 6.12. The smallest absolute Gasteiger partial charge is 0.0819 e. The summed E-state index contributed by atoms with van der Waals surface area (Å²) in [5, 5.41) is 8.29. The zero-order valence-corrected chi connectivity index (χ0v) is 18.5. The highest BCUT2D eigenvalue weighted by Crippen LogP contribution is 2.41. The van der Waals surface area contributed by atoms with E-state index in [-0.39, 0.29) is 0 Å². The Morgan fingerprint density at radius 2 is 0.846 bits per heavy atom. The van der Waals surface area contributed by atoms with E-state index in [1.807, 2.05) is 0 Å². The van der Waals surface area contributed by atoms with Crippen molar-refractivity contribution in [3.05, 3.63) is 0 Å². The van der Waals surface area contributed by atoms with Crippen molar-refractivity contribution in [3.63, 3.8) is 0 Å². The van der Waals surface area contributed by atoms with Crippen LogP contribution in [0.15, 0.2) is 0 Å². The zero-order chi connectivity index (χ0) is 19.3. The molecule has 0 aromatic carbocycles. The molecule has 0 aliphatic carbocycles. The Labute approximate surface area is 165 Å². The fourth-order valence-electron chi connectivity index (χ4n) is 4.31. The van der Waals surface area contributed by atoms with Crippen LogP contribution in [-0.2, 0) is 4.89 Å². The van der Waals surface area contributed by atoms with Gasteiger partial charge in [0, 0.05) is 0 Å². The van der Waals surface area contributed by atoms with Crippen molar-refractivity contribution >= 4 is 0 Å². The molecule has 0 aliphatic heterocycles. The van der Waals surface area contributed by atoms with E-state index in [0.717, 1.165) is 6.42 Å². The highest BCUT2D eigenvalue weighted by Gasteiger charge is 2.27. The first-order chi connectivity index (χ1) is 12.7. The molecule has 158 valence electrons. The summed E-state index contributed by atoms with van der Waals surface area (Å²) in [6.07, 6.45) is 26.1. The van der Waals surface area contributed by atoms with Crippen LogP contribution in [0.4, 0.5) is 0 Å². The summed E-state index contributed by atoms with van der Waals surface area (Å²) >= 11 is 0. The van der Waals surface area contributed by atoms with Gasteiger partial charge in [-0.1, -0.05) is 111 Å². The highest BCUT2D eigenvalue weighted by molar-refractivity contribution is 4.79. The summed E-state index contributed by atoms with van der Waals surface area (Å²) in [5.41, 5.74) is 0.663. The topological polar surface area (TPSA) is 29.5 Å². The van der Waals surface area contributed by atoms with Gasteiger partial charge < -0.3 is 0 Å². The molecule has 0 radical (unpaired) electrons.